The van der Waals surface area contributed by atoms with E-state index in [-0.39, 0.29) is 25.0 Å². The molecule has 1 rings (SSSR count). The first-order valence-electron chi connectivity index (χ1n) is 4.80. The van der Waals surface area contributed by atoms with Crippen molar-refractivity contribution in [3.8, 4) is 0 Å². The van der Waals surface area contributed by atoms with Crippen LogP contribution in [0.3, 0.4) is 0 Å². The van der Waals surface area contributed by atoms with Crippen molar-refractivity contribution < 1.29 is 28.2 Å². The number of hydrogen-bond acceptors (Lipinski definition) is 3. The van der Waals surface area contributed by atoms with Crippen LogP contribution in [0.5, 0.6) is 0 Å². The minimum atomic E-state index is -1.12. The highest BCUT2D eigenvalue weighted by molar-refractivity contribution is 5.76. The van der Waals surface area contributed by atoms with Crippen molar-refractivity contribution in [2.24, 2.45) is 0 Å². The molecule has 1 aromatic rings. The molecule has 4 nitrogen and oxygen atoms in total. The number of benzene rings is 1. The molecule has 0 aliphatic rings. The number of esters is 1. The molecular formula is C11H10F2O4. The van der Waals surface area contributed by atoms with Crippen molar-refractivity contribution in [3.05, 3.63) is 35.4 Å². The van der Waals surface area contributed by atoms with Gasteiger partial charge in [-0.2, -0.15) is 0 Å². The number of carbonyl (C=O) groups excluding carboxylic acids is 1. The summed E-state index contributed by atoms with van der Waals surface area (Å²) in [5, 5.41) is 8.31. The smallest absolute Gasteiger partial charge is 0.306 e. The van der Waals surface area contributed by atoms with Gasteiger partial charge in [-0.25, -0.2) is 8.78 Å². The second-order valence-electron chi connectivity index (χ2n) is 3.29. The standard InChI is InChI=1S/C11H10F2O4/c12-8-2-1-7(9(13)5-8)6-17-11(16)4-3-10(14)15/h1-2,5H,3-4,6H2,(H,14,15). The maximum atomic E-state index is 13.1. The molecule has 0 heterocycles. The first kappa shape index (κ1) is 13.1. The minimum Gasteiger partial charge on any atom is -0.481 e. The zero-order valence-corrected chi connectivity index (χ0v) is 8.78. The number of carbonyl (C=O) groups is 2. The number of aliphatic carboxylic acids is 1. The first-order chi connectivity index (χ1) is 7.99. The molecule has 0 unspecified atom stereocenters. The van der Waals surface area contributed by atoms with Crippen LogP contribution in [0.15, 0.2) is 18.2 Å². The molecule has 0 aliphatic heterocycles. The molecule has 0 spiro atoms. The van der Waals surface area contributed by atoms with E-state index in [1.807, 2.05) is 0 Å². The SMILES string of the molecule is O=C(O)CCC(=O)OCc1ccc(F)cc1F. The lowest BCUT2D eigenvalue weighted by atomic mass is 10.2. The fraction of sp³-hybridized carbons (Fsp3) is 0.273. The molecule has 92 valence electrons. The van der Waals surface area contributed by atoms with Crippen LogP contribution in [0.4, 0.5) is 8.78 Å². The summed E-state index contributed by atoms with van der Waals surface area (Å²) in [7, 11) is 0. The molecule has 0 radical (unpaired) electrons. The lowest BCUT2D eigenvalue weighted by Crippen LogP contribution is -2.08. The topological polar surface area (TPSA) is 63.6 Å². The average molecular weight is 244 g/mol. The van der Waals surface area contributed by atoms with E-state index in [1.54, 1.807) is 0 Å². The molecule has 0 atom stereocenters. The van der Waals surface area contributed by atoms with Gasteiger partial charge >= 0.3 is 11.9 Å². The Balaban J connectivity index is 2.44. The Kier molecular flexibility index (Phi) is 4.56. The van der Waals surface area contributed by atoms with Crippen molar-refractivity contribution >= 4 is 11.9 Å². The zero-order valence-electron chi connectivity index (χ0n) is 8.78. The van der Waals surface area contributed by atoms with Crippen molar-refractivity contribution in [1.82, 2.24) is 0 Å². The number of ether oxygens (including phenoxy) is 1. The third kappa shape index (κ3) is 4.58. The lowest BCUT2D eigenvalue weighted by molar-refractivity contribution is -0.148. The second-order valence-corrected chi connectivity index (χ2v) is 3.29. The Morgan fingerprint density at radius 1 is 1.24 bits per heavy atom. The third-order valence-corrected chi connectivity index (χ3v) is 1.95. The van der Waals surface area contributed by atoms with Gasteiger partial charge in [-0.05, 0) is 12.1 Å². The van der Waals surface area contributed by atoms with E-state index in [4.69, 9.17) is 5.11 Å². The van der Waals surface area contributed by atoms with Gasteiger partial charge in [0.15, 0.2) is 0 Å². The number of rotatable bonds is 5. The van der Waals surface area contributed by atoms with E-state index in [1.165, 1.54) is 0 Å². The van der Waals surface area contributed by atoms with E-state index in [2.05, 4.69) is 4.74 Å². The maximum absolute atomic E-state index is 13.1. The monoisotopic (exact) mass is 244 g/mol. The van der Waals surface area contributed by atoms with Gasteiger partial charge < -0.3 is 9.84 Å². The summed E-state index contributed by atoms with van der Waals surface area (Å²) in [6.07, 6.45) is -0.622. The Hall–Kier alpha value is -1.98. The normalized spacial score (nSPS) is 10.0. The van der Waals surface area contributed by atoms with Crippen LogP contribution in [0.2, 0.25) is 0 Å². The third-order valence-electron chi connectivity index (χ3n) is 1.95. The van der Waals surface area contributed by atoms with E-state index >= 15 is 0 Å². The van der Waals surface area contributed by atoms with Crippen LogP contribution >= 0.6 is 0 Å². The van der Waals surface area contributed by atoms with Crippen LogP contribution in [-0.2, 0) is 20.9 Å². The first-order valence-corrected chi connectivity index (χ1v) is 4.80. The van der Waals surface area contributed by atoms with Gasteiger partial charge in [0.2, 0.25) is 0 Å². The Morgan fingerprint density at radius 2 is 1.94 bits per heavy atom. The summed E-state index contributed by atoms with van der Waals surface area (Å²) in [4.78, 5) is 21.2. The summed E-state index contributed by atoms with van der Waals surface area (Å²) in [6.45, 7) is -0.343. The summed E-state index contributed by atoms with van der Waals surface area (Å²) in [6, 6.07) is 2.89. The fourth-order valence-electron chi connectivity index (χ4n) is 1.08. The minimum absolute atomic E-state index is 0.0371. The van der Waals surface area contributed by atoms with Crippen molar-refractivity contribution in [1.29, 1.82) is 0 Å². The molecule has 1 N–H and O–H groups in total. The van der Waals surface area contributed by atoms with Crippen molar-refractivity contribution in [2.75, 3.05) is 0 Å². The summed E-state index contributed by atoms with van der Waals surface area (Å²) < 4.78 is 30.3. The molecule has 0 aromatic heterocycles. The average Bonchev–Trinajstić information content (AvgIpc) is 2.25. The van der Waals surface area contributed by atoms with Gasteiger partial charge in [-0.1, -0.05) is 0 Å². The molecule has 0 amide bonds. The zero-order chi connectivity index (χ0) is 12.8. The van der Waals surface area contributed by atoms with E-state index in [0.29, 0.717) is 6.07 Å². The molecule has 0 bridgehead atoms. The molecule has 0 saturated carbocycles. The van der Waals surface area contributed by atoms with Gasteiger partial charge in [0.25, 0.3) is 0 Å². The highest BCUT2D eigenvalue weighted by Crippen LogP contribution is 2.11. The molecular weight excluding hydrogens is 234 g/mol. The van der Waals surface area contributed by atoms with E-state index in [0.717, 1.165) is 12.1 Å². The predicted octanol–water partition coefficient (Wildman–Crippen LogP) is 1.87. The van der Waals surface area contributed by atoms with Crippen molar-refractivity contribution in [3.63, 3.8) is 0 Å². The Labute approximate surface area is 95.8 Å². The molecule has 6 heteroatoms. The van der Waals surface area contributed by atoms with Gasteiger partial charge in [0, 0.05) is 11.6 Å². The van der Waals surface area contributed by atoms with Crippen LogP contribution in [0.25, 0.3) is 0 Å². The Morgan fingerprint density at radius 3 is 2.53 bits per heavy atom. The number of carboxylic acids is 1. The van der Waals surface area contributed by atoms with E-state index < -0.39 is 23.6 Å². The number of halogens is 2. The molecule has 0 aliphatic carbocycles. The van der Waals surface area contributed by atoms with Crippen LogP contribution < -0.4 is 0 Å². The van der Waals surface area contributed by atoms with E-state index in [9.17, 15) is 18.4 Å². The van der Waals surface area contributed by atoms with Crippen LogP contribution in [0, 0.1) is 11.6 Å². The van der Waals surface area contributed by atoms with Crippen molar-refractivity contribution in [2.45, 2.75) is 19.4 Å². The Bertz CT molecular complexity index is 431. The van der Waals surface area contributed by atoms with Gasteiger partial charge in [-0.15, -0.1) is 0 Å². The molecule has 0 saturated heterocycles. The summed E-state index contributed by atoms with van der Waals surface area (Å²) in [5.74, 6) is -3.38. The second kappa shape index (κ2) is 5.93. The highest BCUT2D eigenvalue weighted by atomic mass is 19.1. The van der Waals surface area contributed by atoms with Gasteiger partial charge in [0.1, 0.15) is 18.2 Å². The highest BCUT2D eigenvalue weighted by Gasteiger charge is 2.09. The summed E-state index contributed by atoms with van der Waals surface area (Å²) in [5.41, 5.74) is 0.0371. The molecule has 17 heavy (non-hydrogen) atoms. The van der Waals surface area contributed by atoms with Crippen LogP contribution in [0.1, 0.15) is 18.4 Å². The quantitative estimate of drug-likeness (QED) is 0.803. The van der Waals surface area contributed by atoms with Crippen LogP contribution in [-0.4, -0.2) is 17.0 Å². The molecule has 1 aromatic carbocycles. The maximum Gasteiger partial charge on any atom is 0.306 e. The summed E-state index contributed by atoms with van der Waals surface area (Å²) >= 11 is 0. The lowest BCUT2D eigenvalue weighted by Gasteiger charge is -2.05. The largest absolute Gasteiger partial charge is 0.481 e. The predicted molar refractivity (Wildman–Crippen MR) is 53.0 cm³/mol. The molecule has 0 fully saturated rings. The van der Waals surface area contributed by atoms with Gasteiger partial charge in [0.05, 0.1) is 12.8 Å². The van der Waals surface area contributed by atoms with Gasteiger partial charge in [-0.3, -0.25) is 9.59 Å². The fourth-order valence-corrected chi connectivity index (χ4v) is 1.08. The number of hydrogen-bond donors (Lipinski definition) is 1. The number of carboxylic acid groups (broad SMARTS) is 1.